The van der Waals surface area contributed by atoms with Gasteiger partial charge in [-0.15, -0.1) is 0 Å². The number of anilines is 1. The number of nitrogens with two attached hydrogens (primary N) is 1. The Morgan fingerprint density at radius 3 is 2.67 bits per heavy atom. The second kappa shape index (κ2) is 6.30. The Bertz CT molecular complexity index is 407. The van der Waals surface area contributed by atoms with Crippen molar-refractivity contribution in [3.63, 3.8) is 0 Å². The zero-order chi connectivity index (χ0) is 13.7. The van der Waals surface area contributed by atoms with Gasteiger partial charge in [0, 0.05) is 14.1 Å². The van der Waals surface area contributed by atoms with Crippen LogP contribution in [-0.2, 0) is 16.1 Å². The van der Waals surface area contributed by atoms with Crippen LogP contribution in [-0.4, -0.2) is 36.1 Å². The number of nitrogens with zero attached hydrogens (tertiary/aromatic N) is 3. The number of aromatic nitrogens is 2. The zero-order valence-corrected chi connectivity index (χ0v) is 11.3. The van der Waals surface area contributed by atoms with Crippen LogP contribution >= 0.6 is 0 Å². The molecule has 6 nitrogen and oxygen atoms in total. The Morgan fingerprint density at radius 2 is 2.11 bits per heavy atom. The molecule has 1 heterocycles. The minimum Gasteiger partial charge on any atom is -0.458 e. The fourth-order valence-corrected chi connectivity index (χ4v) is 1.19. The summed E-state index contributed by atoms with van der Waals surface area (Å²) >= 11 is 0. The second-order valence-corrected chi connectivity index (χ2v) is 4.64. The normalized spacial score (nSPS) is 12.3. The molecule has 0 spiro atoms. The van der Waals surface area contributed by atoms with E-state index in [0.29, 0.717) is 5.69 Å². The topological polar surface area (TPSA) is 81.3 Å². The summed E-state index contributed by atoms with van der Waals surface area (Å²) in [5.41, 5.74) is 6.29. The van der Waals surface area contributed by atoms with Crippen LogP contribution in [0.1, 0.15) is 19.5 Å². The smallest absolute Gasteiger partial charge is 0.323 e. The maximum Gasteiger partial charge on any atom is 0.323 e. The van der Waals surface area contributed by atoms with Gasteiger partial charge in [-0.25, -0.2) is 4.98 Å². The first-order valence-corrected chi connectivity index (χ1v) is 5.82. The average Bonchev–Trinajstić information content (AvgIpc) is 2.35. The third-order valence-corrected chi connectivity index (χ3v) is 2.48. The molecule has 1 unspecified atom stereocenters. The van der Waals surface area contributed by atoms with E-state index in [1.165, 1.54) is 0 Å². The fourth-order valence-electron chi connectivity index (χ4n) is 1.19. The van der Waals surface area contributed by atoms with Gasteiger partial charge in [0.25, 0.3) is 0 Å². The van der Waals surface area contributed by atoms with E-state index in [2.05, 4.69) is 9.97 Å². The number of hydrogen-bond acceptors (Lipinski definition) is 6. The Morgan fingerprint density at radius 1 is 1.44 bits per heavy atom. The van der Waals surface area contributed by atoms with Gasteiger partial charge in [-0.1, -0.05) is 13.8 Å². The summed E-state index contributed by atoms with van der Waals surface area (Å²) in [5.74, 6) is 0.357. The van der Waals surface area contributed by atoms with E-state index >= 15 is 0 Å². The minimum absolute atomic E-state index is 0.0525. The van der Waals surface area contributed by atoms with E-state index in [1.807, 2.05) is 32.8 Å². The molecule has 2 N–H and O–H groups in total. The van der Waals surface area contributed by atoms with E-state index < -0.39 is 12.0 Å². The molecule has 0 aliphatic rings. The molecule has 100 valence electrons. The van der Waals surface area contributed by atoms with Crippen LogP contribution in [0.3, 0.4) is 0 Å². The van der Waals surface area contributed by atoms with Crippen LogP contribution in [0.5, 0.6) is 0 Å². The predicted molar refractivity (Wildman–Crippen MR) is 69.0 cm³/mol. The maximum atomic E-state index is 11.6. The summed E-state index contributed by atoms with van der Waals surface area (Å²) in [6.45, 7) is 3.84. The monoisotopic (exact) mass is 252 g/mol. The molecule has 0 aliphatic heterocycles. The van der Waals surface area contributed by atoms with Crippen molar-refractivity contribution in [2.24, 2.45) is 11.7 Å². The average molecular weight is 252 g/mol. The lowest BCUT2D eigenvalue weighted by Crippen LogP contribution is -2.36. The maximum absolute atomic E-state index is 11.6. The highest BCUT2D eigenvalue weighted by Gasteiger charge is 2.18. The lowest BCUT2D eigenvalue weighted by Gasteiger charge is -2.15. The van der Waals surface area contributed by atoms with Crippen molar-refractivity contribution in [2.45, 2.75) is 26.5 Å². The van der Waals surface area contributed by atoms with Gasteiger partial charge in [0.2, 0.25) is 0 Å². The fraction of sp³-hybridized carbons (Fsp3) is 0.583. The molecule has 1 rings (SSSR count). The van der Waals surface area contributed by atoms with Crippen molar-refractivity contribution < 1.29 is 9.53 Å². The first kappa shape index (κ1) is 14.4. The van der Waals surface area contributed by atoms with Crippen LogP contribution in [0.25, 0.3) is 0 Å². The quantitative estimate of drug-likeness (QED) is 0.771. The summed E-state index contributed by atoms with van der Waals surface area (Å²) in [6, 6.07) is -0.602. The summed E-state index contributed by atoms with van der Waals surface area (Å²) in [7, 11) is 3.74. The Balaban J connectivity index is 2.58. The van der Waals surface area contributed by atoms with Crippen molar-refractivity contribution in [3.8, 4) is 0 Å². The molecule has 0 amide bonds. The molecule has 1 atom stereocenters. The lowest BCUT2D eigenvalue weighted by atomic mass is 10.1. The summed E-state index contributed by atoms with van der Waals surface area (Å²) < 4.78 is 5.10. The van der Waals surface area contributed by atoms with Crippen LogP contribution in [0, 0.1) is 5.92 Å². The SMILES string of the molecule is CC(C)C(N)C(=O)OCc1cncc(N(C)C)n1. The van der Waals surface area contributed by atoms with Gasteiger partial charge in [-0.3, -0.25) is 9.78 Å². The van der Waals surface area contributed by atoms with Gasteiger partial charge in [0.1, 0.15) is 18.5 Å². The van der Waals surface area contributed by atoms with E-state index in [9.17, 15) is 4.79 Å². The second-order valence-electron chi connectivity index (χ2n) is 4.64. The van der Waals surface area contributed by atoms with Gasteiger partial charge in [0.05, 0.1) is 18.1 Å². The van der Waals surface area contributed by atoms with Crippen molar-refractivity contribution in [1.29, 1.82) is 0 Å². The molecule has 0 radical (unpaired) electrons. The Hall–Kier alpha value is -1.69. The lowest BCUT2D eigenvalue weighted by molar-refractivity contribution is -0.147. The number of rotatable bonds is 5. The van der Waals surface area contributed by atoms with Gasteiger partial charge in [0.15, 0.2) is 0 Å². The van der Waals surface area contributed by atoms with Gasteiger partial charge in [-0.2, -0.15) is 0 Å². The molecule has 1 aromatic heterocycles. The zero-order valence-electron chi connectivity index (χ0n) is 11.3. The number of ether oxygens (including phenoxy) is 1. The first-order valence-electron chi connectivity index (χ1n) is 5.82. The third-order valence-electron chi connectivity index (χ3n) is 2.48. The number of carbonyl (C=O) groups excluding carboxylic acids is 1. The van der Waals surface area contributed by atoms with Crippen molar-refractivity contribution in [1.82, 2.24) is 9.97 Å². The summed E-state index contributed by atoms with van der Waals surface area (Å²) in [5, 5.41) is 0. The van der Waals surface area contributed by atoms with Crippen LogP contribution in [0.4, 0.5) is 5.82 Å². The highest BCUT2D eigenvalue weighted by Crippen LogP contribution is 2.07. The van der Waals surface area contributed by atoms with Crippen molar-refractivity contribution >= 4 is 11.8 Å². The molecule has 6 heteroatoms. The van der Waals surface area contributed by atoms with Crippen molar-refractivity contribution in [3.05, 3.63) is 18.1 Å². The first-order chi connectivity index (χ1) is 8.41. The Kier molecular flexibility index (Phi) is 5.03. The van der Waals surface area contributed by atoms with Gasteiger partial charge >= 0.3 is 5.97 Å². The molecule has 0 fully saturated rings. The van der Waals surface area contributed by atoms with E-state index in [4.69, 9.17) is 10.5 Å². The molecule has 18 heavy (non-hydrogen) atoms. The van der Waals surface area contributed by atoms with E-state index in [0.717, 1.165) is 5.82 Å². The molecular formula is C12H20N4O2. The van der Waals surface area contributed by atoms with Crippen LogP contribution in [0.15, 0.2) is 12.4 Å². The molecule has 0 saturated carbocycles. The summed E-state index contributed by atoms with van der Waals surface area (Å²) in [4.78, 5) is 21.7. The molecular weight excluding hydrogens is 232 g/mol. The largest absolute Gasteiger partial charge is 0.458 e. The van der Waals surface area contributed by atoms with Crippen LogP contribution in [0.2, 0.25) is 0 Å². The summed E-state index contributed by atoms with van der Waals surface area (Å²) in [6.07, 6.45) is 3.21. The minimum atomic E-state index is -0.602. The number of hydrogen-bond donors (Lipinski definition) is 1. The number of esters is 1. The molecule has 0 aliphatic carbocycles. The molecule has 0 bridgehead atoms. The molecule has 0 saturated heterocycles. The number of carbonyl (C=O) groups is 1. The standard InChI is InChI=1S/C12H20N4O2/c1-8(2)11(13)12(17)18-7-9-5-14-6-10(15-9)16(3)4/h5-6,8,11H,7,13H2,1-4H3. The highest BCUT2D eigenvalue weighted by molar-refractivity contribution is 5.75. The third kappa shape index (κ3) is 3.96. The molecule has 1 aromatic rings. The Labute approximate surface area is 107 Å². The predicted octanol–water partition coefficient (Wildman–Crippen LogP) is 0.569. The molecule has 0 aromatic carbocycles. The van der Waals surface area contributed by atoms with E-state index in [-0.39, 0.29) is 12.5 Å². The van der Waals surface area contributed by atoms with E-state index in [1.54, 1.807) is 12.4 Å². The highest BCUT2D eigenvalue weighted by atomic mass is 16.5. The van der Waals surface area contributed by atoms with Gasteiger partial charge < -0.3 is 15.4 Å². The van der Waals surface area contributed by atoms with Crippen molar-refractivity contribution in [2.75, 3.05) is 19.0 Å². The van der Waals surface area contributed by atoms with Gasteiger partial charge in [-0.05, 0) is 5.92 Å². The van der Waals surface area contributed by atoms with Crippen LogP contribution < -0.4 is 10.6 Å².